The first-order valence-electron chi connectivity index (χ1n) is 25.2. The average molecular weight is 939 g/mol. The number of hydrogen-bond acceptors (Lipinski definition) is 11. The molecule has 378 valence electrons. The molecule has 0 saturated carbocycles. The van der Waals surface area contributed by atoms with Gasteiger partial charge in [0, 0.05) is 19.3 Å². The van der Waals surface area contributed by atoms with Gasteiger partial charge < -0.3 is 39.0 Å². The van der Waals surface area contributed by atoms with Crippen LogP contribution in [0.2, 0.25) is 0 Å². The van der Waals surface area contributed by atoms with E-state index in [2.05, 4.69) is 99.8 Å². The van der Waals surface area contributed by atoms with Crippen LogP contribution in [0.15, 0.2) is 97.2 Å². The Morgan fingerprint density at radius 3 is 1.52 bits per heavy atom. The van der Waals surface area contributed by atoms with Crippen molar-refractivity contribution in [2.75, 3.05) is 13.2 Å². The van der Waals surface area contributed by atoms with Crippen LogP contribution in [-0.2, 0) is 42.9 Å². The minimum Gasteiger partial charge on any atom is -0.479 e. The second kappa shape index (κ2) is 43.0. The molecule has 0 aliphatic carbocycles. The fourth-order valence-electron chi connectivity index (χ4n) is 6.79. The third kappa shape index (κ3) is 33.7. The van der Waals surface area contributed by atoms with Gasteiger partial charge in [-0.1, -0.05) is 157 Å². The SMILES string of the molecule is CC/C=C\C/C=C\C/C=C\C/C=C\CCC(=O)OC1C(OCC(COC(=O)CCCCC/C=C\C/C=C\C/C=C\CC)OC(=O)CCCCCCC/C=C\CCCC)OC(C(=O)O)C(O)C1O. The molecule has 0 aromatic carbocycles. The van der Waals surface area contributed by atoms with Crippen LogP contribution in [0.5, 0.6) is 0 Å². The van der Waals surface area contributed by atoms with Crippen molar-refractivity contribution in [1.29, 1.82) is 0 Å². The molecular formula is C55H86O12. The second-order valence-electron chi connectivity index (χ2n) is 16.7. The first-order chi connectivity index (χ1) is 32.6. The molecule has 1 aliphatic rings. The fourth-order valence-corrected chi connectivity index (χ4v) is 6.79. The summed E-state index contributed by atoms with van der Waals surface area (Å²) >= 11 is 0. The molecule has 0 aromatic heterocycles. The van der Waals surface area contributed by atoms with Gasteiger partial charge in [-0.3, -0.25) is 14.4 Å². The molecule has 12 heteroatoms. The van der Waals surface area contributed by atoms with E-state index >= 15 is 0 Å². The monoisotopic (exact) mass is 939 g/mol. The third-order valence-corrected chi connectivity index (χ3v) is 10.6. The van der Waals surface area contributed by atoms with Crippen LogP contribution in [0, 0.1) is 0 Å². The Morgan fingerprint density at radius 1 is 0.507 bits per heavy atom. The van der Waals surface area contributed by atoms with Gasteiger partial charge >= 0.3 is 23.9 Å². The Kier molecular flexibility index (Phi) is 38.9. The van der Waals surface area contributed by atoms with Gasteiger partial charge in [-0.05, 0) is 96.3 Å². The van der Waals surface area contributed by atoms with Crippen LogP contribution in [0.25, 0.3) is 0 Å². The van der Waals surface area contributed by atoms with E-state index in [0.29, 0.717) is 25.7 Å². The normalized spacial score (nSPS) is 19.7. The van der Waals surface area contributed by atoms with Crippen molar-refractivity contribution in [3.05, 3.63) is 97.2 Å². The smallest absolute Gasteiger partial charge is 0.335 e. The lowest BCUT2D eigenvalue weighted by atomic mass is 9.98. The number of esters is 3. The number of hydrogen-bond donors (Lipinski definition) is 3. The van der Waals surface area contributed by atoms with Crippen molar-refractivity contribution in [3.63, 3.8) is 0 Å². The molecule has 1 fully saturated rings. The van der Waals surface area contributed by atoms with Crippen molar-refractivity contribution in [3.8, 4) is 0 Å². The highest BCUT2D eigenvalue weighted by atomic mass is 16.7. The van der Waals surface area contributed by atoms with Crippen LogP contribution in [0.3, 0.4) is 0 Å². The molecule has 0 amide bonds. The van der Waals surface area contributed by atoms with Gasteiger partial charge in [0.25, 0.3) is 0 Å². The van der Waals surface area contributed by atoms with Crippen molar-refractivity contribution in [2.45, 2.75) is 212 Å². The predicted octanol–water partition coefficient (Wildman–Crippen LogP) is 11.8. The summed E-state index contributed by atoms with van der Waals surface area (Å²) < 4.78 is 28.1. The zero-order valence-electron chi connectivity index (χ0n) is 41.1. The van der Waals surface area contributed by atoms with E-state index in [9.17, 15) is 34.5 Å². The van der Waals surface area contributed by atoms with Gasteiger partial charge in [0.1, 0.15) is 18.8 Å². The lowest BCUT2D eigenvalue weighted by Crippen LogP contribution is -2.61. The third-order valence-electron chi connectivity index (χ3n) is 10.6. The average Bonchev–Trinajstić information content (AvgIpc) is 3.31. The maximum absolute atomic E-state index is 13.0. The van der Waals surface area contributed by atoms with Crippen LogP contribution < -0.4 is 0 Å². The minimum atomic E-state index is -1.93. The molecule has 0 bridgehead atoms. The number of carbonyl (C=O) groups excluding carboxylic acids is 3. The molecule has 1 heterocycles. The number of carboxylic acids is 1. The molecule has 12 nitrogen and oxygen atoms in total. The summed E-state index contributed by atoms with van der Waals surface area (Å²) in [5.74, 6) is -3.30. The summed E-state index contributed by atoms with van der Waals surface area (Å²) in [6.45, 7) is 5.60. The second-order valence-corrected chi connectivity index (χ2v) is 16.7. The van der Waals surface area contributed by atoms with Crippen molar-refractivity contribution >= 4 is 23.9 Å². The molecule has 67 heavy (non-hydrogen) atoms. The lowest BCUT2D eigenvalue weighted by molar-refractivity contribution is -0.301. The highest BCUT2D eigenvalue weighted by Crippen LogP contribution is 2.26. The van der Waals surface area contributed by atoms with Gasteiger partial charge in [-0.2, -0.15) is 0 Å². The molecular weight excluding hydrogens is 853 g/mol. The van der Waals surface area contributed by atoms with E-state index < -0.39 is 67.3 Å². The standard InChI is InChI=1S/C55H86O12/c1-4-7-10-13-16-19-22-24-27-29-32-35-38-41-47(56)63-44-46(65-48(57)42-39-36-33-30-26-21-18-15-12-9-6-3)45-64-55-53(51(60)50(59)52(67-55)54(61)62)66-49(58)43-40-37-34-31-28-25-23-20-17-14-11-8-5-2/h7-8,10-11,15-20,24-25,27-28,34,37,46,50-53,55,59-60H,4-6,9,12-14,21-23,26,29-33,35-36,38-45H2,1-3H3,(H,61,62)/b10-7-,11-8-,18-15-,19-16-,20-17-,27-24-,28-25-,37-34-. The number of aliphatic carboxylic acids is 1. The Hall–Kier alpha value is -4.36. The van der Waals surface area contributed by atoms with Crippen LogP contribution in [-0.4, -0.2) is 89.2 Å². The van der Waals surface area contributed by atoms with E-state index in [0.717, 1.165) is 96.3 Å². The van der Waals surface area contributed by atoms with Crippen molar-refractivity contribution in [2.24, 2.45) is 0 Å². The van der Waals surface area contributed by atoms with Crippen molar-refractivity contribution in [1.82, 2.24) is 0 Å². The molecule has 1 rings (SSSR count). The number of carbonyl (C=O) groups is 4. The number of ether oxygens (including phenoxy) is 5. The van der Waals surface area contributed by atoms with E-state index in [1.54, 1.807) is 0 Å². The van der Waals surface area contributed by atoms with E-state index in [1.165, 1.54) is 12.8 Å². The topological polar surface area (TPSA) is 175 Å². The summed E-state index contributed by atoms with van der Waals surface area (Å²) in [4.78, 5) is 50.7. The summed E-state index contributed by atoms with van der Waals surface area (Å²) in [5, 5.41) is 31.3. The van der Waals surface area contributed by atoms with E-state index in [1.807, 2.05) is 18.2 Å². The number of allylic oxidation sites excluding steroid dienone is 16. The van der Waals surface area contributed by atoms with Gasteiger partial charge in [-0.15, -0.1) is 0 Å². The molecule has 0 aromatic rings. The fraction of sp³-hybridized carbons (Fsp3) is 0.636. The number of rotatable bonds is 40. The maximum Gasteiger partial charge on any atom is 0.335 e. The van der Waals surface area contributed by atoms with E-state index in [-0.39, 0.29) is 25.9 Å². The number of carboxylic acid groups (broad SMARTS) is 1. The first kappa shape index (κ1) is 60.7. The molecule has 6 unspecified atom stereocenters. The Labute approximate surface area is 403 Å². The van der Waals surface area contributed by atoms with Crippen LogP contribution in [0.1, 0.15) is 175 Å². The molecule has 1 saturated heterocycles. The van der Waals surface area contributed by atoms with Crippen LogP contribution in [0.4, 0.5) is 0 Å². The summed E-state index contributed by atoms with van der Waals surface area (Å²) in [5.41, 5.74) is 0. The zero-order chi connectivity index (χ0) is 49.0. The summed E-state index contributed by atoms with van der Waals surface area (Å²) in [6, 6.07) is 0. The Morgan fingerprint density at radius 2 is 0.970 bits per heavy atom. The minimum absolute atomic E-state index is 0.0688. The summed E-state index contributed by atoms with van der Waals surface area (Å²) in [6.07, 6.45) is 42.8. The lowest BCUT2D eigenvalue weighted by Gasteiger charge is -2.40. The number of aliphatic hydroxyl groups excluding tert-OH is 2. The highest BCUT2D eigenvalue weighted by Gasteiger charge is 2.50. The Balaban J connectivity index is 2.82. The molecule has 0 radical (unpaired) electrons. The largest absolute Gasteiger partial charge is 0.479 e. The van der Waals surface area contributed by atoms with Gasteiger partial charge in [0.05, 0.1) is 6.61 Å². The number of aliphatic hydroxyl groups is 2. The van der Waals surface area contributed by atoms with Gasteiger partial charge in [0.15, 0.2) is 24.6 Å². The molecule has 0 spiro atoms. The molecule has 6 atom stereocenters. The van der Waals surface area contributed by atoms with Crippen molar-refractivity contribution < 1.29 is 58.2 Å². The highest BCUT2D eigenvalue weighted by molar-refractivity contribution is 5.74. The molecule has 1 aliphatic heterocycles. The van der Waals surface area contributed by atoms with Gasteiger partial charge in [0.2, 0.25) is 0 Å². The number of unbranched alkanes of at least 4 members (excludes halogenated alkanes) is 10. The first-order valence-corrected chi connectivity index (χ1v) is 25.2. The predicted molar refractivity (Wildman–Crippen MR) is 266 cm³/mol. The van der Waals surface area contributed by atoms with Gasteiger partial charge in [-0.25, -0.2) is 4.79 Å². The van der Waals surface area contributed by atoms with E-state index in [4.69, 9.17) is 23.7 Å². The maximum atomic E-state index is 13.0. The van der Waals surface area contributed by atoms with Crippen LogP contribution >= 0.6 is 0 Å². The summed E-state index contributed by atoms with van der Waals surface area (Å²) in [7, 11) is 0. The quantitative estimate of drug-likeness (QED) is 0.0230. The Bertz CT molecular complexity index is 1540. The molecule has 3 N–H and O–H groups in total. The zero-order valence-corrected chi connectivity index (χ0v) is 41.1.